The van der Waals surface area contributed by atoms with Crippen molar-refractivity contribution in [1.82, 2.24) is 14.5 Å². The number of carbonyl (C=O) groups excluding carboxylic acids is 2. The van der Waals surface area contributed by atoms with Crippen LogP contribution in [0.1, 0.15) is 57.1 Å². The van der Waals surface area contributed by atoms with Crippen LogP contribution in [-0.2, 0) is 32.6 Å². The molecule has 0 radical (unpaired) electrons. The number of hydrogen-bond donors (Lipinski definition) is 1. The summed E-state index contributed by atoms with van der Waals surface area (Å²) in [5.74, 6) is -0.793. The molecule has 0 saturated carbocycles. The van der Waals surface area contributed by atoms with E-state index in [1.54, 1.807) is 43.3 Å². The summed E-state index contributed by atoms with van der Waals surface area (Å²) in [7, 11) is -3.48. The molecule has 1 N–H and O–H groups in total. The number of nitrogens with one attached hydrogen (secondary N) is 1. The zero-order valence-corrected chi connectivity index (χ0v) is 21.9. The highest BCUT2D eigenvalue weighted by atomic mass is 32.2. The number of carbonyl (C=O) groups is 2. The van der Waals surface area contributed by atoms with Gasteiger partial charge in [-0.1, -0.05) is 37.6 Å². The van der Waals surface area contributed by atoms with Gasteiger partial charge in [-0.15, -0.1) is 0 Å². The smallest absolute Gasteiger partial charge is 0.243 e. The summed E-state index contributed by atoms with van der Waals surface area (Å²) in [6.45, 7) is 5.56. The molecule has 0 aliphatic carbocycles. The van der Waals surface area contributed by atoms with E-state index in [0.29, 0.717) is 26.1 Å². The Balaban J connectivity index is 1.67. The highest BCUT2D eigenvalue weighted by molar-refractivity contribution is 7.89. The second-order valence-corrected chi connectivity index (χ2v) is 11.2. The minimum atomic E-state index is -3.48. The Labute approximate surface area is 213 Å². The van der Waals surface area contributed by atoms with E-state index >= 15 is 0 Å². The lowest BCUT2D eigenvalue weighted by Gasteiger charge is -2.29. The molecule has 0 aromatic heterocycles. The molecule has 1 heterocycles. The van der Waals surface area contributed by atoms with Crippen molar-refractivity contribution >= 4 is 21.8 Å². The molecule has 7 nitrogen and oxygen atoms in total. The molecule has 3 rings (SSSR count). The first-order chi connectivity index (χ1) is 17.2. The third-order valence-electron chi connectivity index (χ3n) is 6.52. The average molecular weight is 518 g/mol. The van der Waals surface area contributed by atoms with Gasteiger partial charge >= 0.3 is 0 Å². The van der Waals surface area contributed by atoms with Crippen LogP contribution < -0.4 is 5.32 Å². The van der Waals surface area contributed by atoms with Gasteiger partial charge in [-0.25, -0.2) is 12.8 Å². The van der Waals surface area contributed by atoms with Crippen molar-refractivity contribution in [2.45, 2.75) is 69.9 Å². The quantitative estimate of drug-likeness (QED) is 0.433. The fraction of sp³-hybridized carbons (Fsp3) is 0.481. The number of benzene rings is 2. The summed E-state index contributed by atoms with van der Waals surface area (Å²) in [6, 6.07) is 11.9. The predicted molar refractivity (Wildman–Crippen MR) is 137 cm³/mol. The van der Waals surface area contributed by atoms with Gasteiger partial charge in [0.15, 0.2) is 0 Å². The van der Waals surface area contributed by atoms with E-state index in [9.17, 15) is 22.4 Å². The van der Waals surface area contributed by atoms with E-state index in [0.717, 1.165) is 36.8 Å². The van der Waals surface area contributed by atoms with Gasteiger partial charge in [0.05, 0.1) is 4.90 Å². The third kappa shape index (κ3) is 7.36. The minimum Gasteiger partial charge on any atom is -0.354 e. The number of aryl methyl sites for hydroxylation is 1. The Morgan fingerprint density at radius 3 is 2.25 bits per heavy atom. The molecule has 2 aromatic rings. The summed E-state index contributed by atoms with van der Waals surface area (Å²) in [5.41, 5.74) is 1.57. The van der Waals surface area contributed by atoms with Crippen LogP contribution in [0.4, 0.5) is 4.39 Å². The van der Waals surface area contributed by atoms with Crippen LogP contribution >= 0.6 is 0 Å². The second kappa shape index (κ2) is 13.0. The normalized spacial score (nSPS) is 15.0. The maximum Gasteiger partial charge on any atom is 0.243 e. The van der Waals surface area contributed by atoms with Gasteiger partial charge in [0.25, 0.3) is 0 Å². The van der Waals surface area contributed by atoms with Crippen molar-refractivity contribution in [3.05, 3.63) is 65.5 Å². The number of sulfonamides is 1. The third-order valence-corrected chi connectivity index (χ3v) is 8.43. The lowest BCUT2D eigenvalue weighted by atomic mass is 10.1. The molecule has 0 bridgehead atoms. The molecule has 2 aromatic carbocycles. The van der Waals surface area contributed by atoms with E-state index in [1.807, 2.05) is 6.92 Å². The fourth-order valence-electron chi connectivity index (χ4n) is 4.21. The maximum atomic E-state index is 13.4. The zero-order chi connectivity index (χ0) is 26.1. The van der Waals surface area contributed by atoms with E-state index in [1.165, 1.54) is 21.3 Å². The Bertz CT molecular complexity index is 1110. The number of hydrogen-bond acceptors (Lipinski definition) is 4. The van der Waals surface area contributed by atoms with Crippen molar-refractivity contribution in [2.24, 2.45) is 0 Å². The van der Waals surface area contributed by atoms with Crippen LogP contribution in [0.3, 0.4) is 0 Å². The number of halogens is 1. The number of nitrogens with zero attached hydrogens (tertiary/aromatic N) is 2. The van der Waals surface area contributed by atoms with Gasteiger partial charge in [0, 0.05) is 32.6 Å². The van der Waals surface area contributed by atoms with Gasteiger partial charge in [0.2, 0.25) is 21.8 Å². The Kier molecular flexibility index (Phi) is 10.0. The number of rotatable bonds is 12. The van der Waals surface area contributed by atoms with E-state index in [2.05, 4.69) is 5.32 Å². The van der Waals surface area contributed by atoms with Crippen molar-refractivity contribution < 1.29 is 22.4 Å². The predicted octanol–water partition coefficient (Wildman–Crippen LogP) is 3.88. The Hall–Kier alpha value is -2.78. The molecule has 2 amide bonds. The topological polar surface area (TPSA) is 86.8 Å². The summed E-state index contributed by atoms with van der Waals surface area (Å²) >= 11 is 0. The fourth-order valence-corrected chi connectivity index (χ4v) is 5.72. The van der Waals surface area contributed by atoms with Crippen LogP contribution in [0.2, 0.25) is 0 Å². The molecule has 1 saturated heterocycles. The Morgan fingerprint density at radius 1 is 1.03 bits per heavy atom. The molecule has 1 atom stereocenters. The number of unbranched alkanes of at least 4 members (excludes halogenated alkanes) is 1. The van der Waals surface area contributed by atoms with Crippen molar-refractivity contribution in [3.63, 3.8) is 0 Å². The van der Waals surface area contributed by atoms with Crippen LogP contribution in [-0.4, -0.2) is 55.1 Å². The monoisotopic (exact) mass is 517 g/mol. The first-order valence-electron chi connectivity index (χ1n) is 12.6. The van der Waals surface area contributed by atoms with Gasteiger partial charge in [-0.3, -0.25) is 9.59 Å². The highest BCUT2D eigenvalue weighted by Crippen LogP contribution is 2.22. The van der Waals surface area contributed by atoms with Crippen molar-refractivity contribution in [1.29, 1.82) is 0 Å². The van der Waals surface area contributed by atoms with E-state index in [-0.39, 0.29) is 35.5 Å². The average Bonchev–Trinajstić information content (AvgIpc) is 3.43. The van der Waals surface area contributed by atoms with Crippen molar-refractivity contribution in [2.75, 3.05) is 19.6 Å². The SMILES string of the molecule is CCCCNC(=O)C(C)N(Cc1ccc(F)cc1)C(=O)CCc1ccc(S(=O)(=O)N2CCCC2)cc1. The molecule has 196 valence electrons. The van der Waals surface area contributed by atoms with Crippen LogP contribution in [0.5, 0.6) is 0 Å². The molecule has 1 aliphatic rings. The molecule has 1 fully saturated rings. The lowest BCUT2D eigenvalue weighted by Crippen LogP contribution is -2.47. The molecule has 1 unspecified atom stereocenters. The Morgan fingerprint density at radius 2 is 1.64 bits per heavy atom. The summed E-state index contributed by atoms with van der Waals surface area (Å²) in [6.07, 6.45) is 4.13. The van der Waals surface area contributed by atoms with Crippen LogP contribution in [0.25, 0.3) is 0 Å². The van der Waals surface area contributed by atoms with Gasteiger partial charge in [-0.2, -0.15) is 4.31 Å². The van der Waals surface area contributed by atoms with E-state index < -0.39 is 16.1 Å². The maximum absolute atomic E-state index is 13.4. The molecule has 36 heavy (non-hydrogen) atoms. The first kappa shape index (κ1) is 27.8. The summed E-state index contributed by atoms with van der Waals surface area (Å²) in [4.78, 5) is 27.7. The zero-order valence-electron chi connectivity index (χ0n) is 21.1. The highest BCUT2D eigenvalue weighted by Gasteiger charge is 2.28. The van der Waals surface area contributed by atoms with Crippen LogP contribution in [0, 0.1) is 5.82 Å². The first-order valence-corrected chi connectivity index (χ1v) is 14.1. The minimum absolute atomic E-state index is 0.159. The molecule has 9 heteroatoms. The molecular weight excluding hydrogens is 481 g/mol. The standard InChI is InChI=1S/C27H36FN3O4S/c1-3-4-17-29-27(33)21(2)31(20-23-7-12-24(28)13-8-23)26(32)16-11-22-9-14-25(15-10-22)36(34,35)30-18-5-6-19-30/h7-10,12-15,21H,3-6,11,16-20H2,1-2H3,(H,29,33). The largest absolute Gasteiger partial charge is 0.354 e. The summed E-state index contributed by atoms with van der Waals surface area (Å²) < 4.78 is 40.3. The van der Waals surface area contributed by atoms with Gasteiger partial charge < -0.3 is 10.2 Å². The van der Waals surface area contributed by atoms with E-state index in [4.69, 9.17) is 0 Å². The molecular formula is C27H36FN3O4S. The lowest BCUT2D eigenvalue weighted by molar-refractivity contribution is -0.140. The molecule has 0 spiro atoms. The van der Waals surface area contributed by atoms with Crippen molar-refractivity contribution in [3.8, 4) is 0 Å². The van der Waals surface area contributed by atoms with Gasteiger partial charge in [-0.05, 0) is 68.0 Å². The number of amides is 2. The van der Waals surface area contributed by atoms with Gasteiger partial charge in [0.1, 0.15) is 11.9 Å². The molecule has 1 aliphatic heterocycles. The van der Waals surface area contributed by atoms with Crippen LogP contribution in [0.15, 0.2) is 53.4 Å². The summed E-state index contributed by atoms with van der Waals surface area (Å²) in [5, 5.41) is 2.88. The second-order valence-electron chi connectivity index (χ2n) is 9.22.